The van der Waals surface area contributed by atoms with Crippen molar-refractivity contribution in [3.8, 4) is 0 Å². The number of sulfonamides is 1. The number of likely N-dealkylation sites (tertiary alicyclic amines) is 1. The summed E-state index contributed by atoms with van der Waals surface area (Å²) in [5.41, 5.74) is 0.460. The zero-order chi connectivity index (χ0) is 21.1. The Hall–Kier alpha value is -2.23. The van der Waals surface area contributed by atoms with E-state index in [0.717, 1.165) is 19.3 Å². The Morgan fingerprint density at radius 1 is 1.03 bits per heavy atom. The highest BCUT2D eigenvalue weighted by Crippen LogP contribution is 2.25. The van der Waals surface area contributed by atoms with Gasteiger partial charge in [-0.15, -0.1) is 11.3 Å². The molecule has 9 heteroatoms. The van der Waals surface area contributed by atoms with Gasteiger partial charge >= 0.3 is 0 Å². The van der Waals surface area contributed by atoms with E-state index in [1.54, 1.807) is 29.2 Å². The van der Waals surface area contributed by atoms with Crippen LogP contribution >= 0.6 is 11.3 Å². The third-order valence-electron chi connectivity index (χ3n) is 5.62. The molecule has 3 heterocycles. The van der Waals surface area contributed by atoms with E-state index in [2.05, 4.69) is 5.32 Å². The van der Waals surface area contributed by atoms with Crippen LogP contribution < -0.4 is 5.32 Å². The van der Waals surface area contributed by atoms with Crippen LogP contribution in [0.25, 0.3) is 0 Å². The SMILES string of the molecule is O=C(Nc1cccc(S(=O)(=O)N2CCCC2)c1)C1CCCN(C(=O)c2cccs2)C1. The van der Waals surface area contributed by atoms with Gasteiger partial charge in [-0.1, -0.05) is 12.1 Å². The van der Waals surface area contributed by atoms with Gasteiger partial charge in [0.15, 0.2) is 0 Å². The van der Waals surface area contributed by atoms with Gasteiger partial charge in [0, 0.05) is 31.9 Å². The normalized spacial score (nSPS) is 20.3. The maximum Gasteiger partial charge on any atom is 0.263 e. The number of nitrogens with one attached hydrogen (secondary N) is 1. The first kappa shape index (κ1) is 21.0. The number of amides is 2. The fourth-order valence-electron chi connectivity index (χ4n) is 3.99. The summed E-state index contributed by atoms with van der Waals surface area (Å²) >= 11 is 1.40. The van der Waals surface area contributed by atoms with E-state index in [1.807, 2.05) is 11.4 Å². The molecular formula is C21H25N3O4S2. The van der Waals surface area contributed by atoms with Crippen LogP contribution in [0.2, 0.25) is 0 Å². The van der Waals surface area contributed by atoms with Gasteiger partial charge in [-0.05, 0) is 55.3 Å². The van der Waals surface area contributed by atoms with Gasteiger partial charge in [0.25, 0.3) is 5.91 Å². The second-order valence-electron chi connectivity index (χ2n) is 7.70. The number of anilines is 1. The predicted molar refractivity (Wildman–Crippen MR) is 116 cm³/mol. The van der Waals surface area contributed by atoms with Crippen LogP contribution in [0.3, 0.4) is 0 Å². The topological polar surface area (TPSA) is 86.8 Å². The molecule has 0 radical (unpaired) electrons. The van der Waals surface area contributed by atoms with E-state index in [9.17, 15) is 18.0 Å². The van der Waals surface area contributed by atoms with Crippen molar-refractivity contribution in [1.82, 2.24) is 9.21 Å². The minimum absolute atomic E-state index is 0.0406. The molecule has 2 fully saturated rings. The monoisotopic (exact) mass is 447 g/mol. The Bertz CT molecular complexity index is 1010. The molecule has 0 saturated carbocycles. The van der Waals surface area contributed by atoms with E-state index < -0.39 is 10.0 Å². The van der Waals surface area contributed by atoms with Crippen LogP contribution in [0.4, 0.5) is 5.69 Å². The summed E-state index contributed by atoms with van der Waals surface area (Å²) in [7, 11) is -3.54. The largest absolute Gasteiger partial charge is 0.337 e. The smallest absolute Gasteiger partial charge is 0.263 e. The molecule has 4 rings (SSSR count). The Morgan fingerprint density at radius 2 is 1.83 bits per heavy atom. The second-order valence-corrected chi connectivity index (χ2v) is 10.6. The van der Waals surface area contributed by atoms with Gasteiger partial charge < -0.3 is 10.2 Å². The molecule has 160 valence electrons. The number of thiophene rings is 1. The van der Waals surface area contributed by atoms with Crippen molar-refractivity contribution in [2.45, 2.75) is 30.6 Å². The first-order valence-corrected chi connectivity index (χ1v) is 12.5. The van der Waals surface area contributed by atoms with Crippen molar-refractivity contribution in [1.29, 1.82) is 0 Å². The molecule has 7 nitrogen and oxygen atoms in total. The highest BCUT2D eigenvalue weighted by Gasteiger charge is 2.30. The molecule has 0 aliphatic carbocycles. The Morgan fingerprint density at radius 3 is 2.57 bits per heavy atom. The minimum atomic E-state index is -3.54. The van der Waals surface area contributed by atoms with Gasteiger partial charge in [0.05, 0.1) is 15.7 Å². The van der Waals surface area contributed by atoms with Crippen LogP contribution in [0.5, 0.6) is 0 Å². The van der Waals surface area contributed by atoms with Crippen LogP contribution in [-0.2, 0) is 14.8 Å². The average Bonchev–Trinajstić information content (AvgIpc) is 3.48. The van der Waals surface area contributed by atoms with Gasteiger partial charge in [-0.3, -0.25) is 9.59 Å². The van der Waals surface area contributed by atoms with Crippen molar-refractivity contribution in [3.05, 3.63) is 46.7 Å². The number of piperidine rings is 1. The quantitative estimate of drug-likeness (QED) is 0.763. The van der Waals surface area contributed by atoms with Crippen molar-refractivity contribution < 1.29 is 18.0 Å². The highest BCUT2D eigenvalue weighted by molar-refractivity contribution is 7.89. The first-order valence-electron chi connectivity index (χ1n) is 10.2. The fraction of sp³-hybridized carbons (Fsp3) is 0.429. The van der Waals surface area contributed by atoms with Gasteiger partial charge in [0.2, 0.25) is 15.9 Å². The summed E-state index contributed by atoms with van der Waals surface area (Å²) in [5.74, 6) is -0.544. The lowest BCUT2D eigenvalue weighted by Gasteiger charge is -2.31. The second kappa shape index (κ2) is 8.87. The van der Waals surface area contributed by atoms with E-state index in [4.69, 9.17) is 0 Å². The number of hydrogen-bond acceptors (Lipinski definition) is 5. The average molecular weight is 448 g/mol. The minimum Gasteiger partial charge on any atom is -0.337 e. The van der Waals surface area contributed by atoms with Crippen LogP contribution in [0.15, 0.2) is 46.7 Å². The summed E-state index contributed by atoms with van der Waals surface area (Å²) < 4.78 is 27.0. The number of carbonyl (C=O) groups is 2. The molecule has 2 aliphatic rings. The van der Waals surface area contributed by atoms with Gasteiger partial charge in [-0.25, -0.2) is 8.42 Å². The molecule has 1 aromatic heterocycles. The molecule has 1 aromatic carbocycles. The fourth-order valence-corrected chi connectivity index (χ4v) is 6.24. The lowest BCUT2D eigenvalue weighted by atomic mass is 9.97. The molecule has 2 saturated heterocycles. The summed E-state index contributed by atoms with van der Waals surface area (Å²) in [6.45, 7) is 2.09. The highest BCUT2D eigenvalue weighted by atomic mass is 32.2. The molecule has 30 heavy (non-hydrogen) atoms. The molecule has 2 amide bonds. The predicted octanol–water partition coefficient (Wildman–Crippen LogP) is 3.02. The van der Waals surface area contributed by atoms with Gasteiger partial charge in [-0.2, -0.15) is 4.31 Å². The molecule has 1 unspecified atom stereocenters. The van der Waals surface area contributed by atoms with E-state index in [1.165, 1.54) is 21.7 Å². The summed E-state index contributed by atoms with van der Waals surface area (Å²) in [6.07, 6.45) is 3.21. The lowest BCUT2D eigenvalue weighted by molar-refractivity contribution is -0.121. The van der Waals surface area contributed by atoms with E-state index in [-0.39, 0.29) is 22.6 Å². The van der Waals surface area contributed by atoms with Crippen LogP contribution in [-0.4, -0.2) is 55.6 Å². The standard InChI is InChI=1S/C21H25N3O4S2/c25-20(16-6-4-10-23(15-16)21(26)19-9-5-13-29-19)22-17-7-3-8-18(14-17)30(27,28)24-11-1-2-12-24/h3,5,7-9,13-14,16H,1-2,4,6,10-12,15H2,(H,22,25). The molecule has 0 bridgehead atoms. The number of carbonyl (C=O) groups excluding carboxylic acids is 2. The molecular weight excluding hydrogens is 422 g/mol. The van der Waals surface area contributed by atoms with Crippen molar-refractivity contribution >= 4 is 38.9 Å². The van der Waals surface area contributed by atoms with Crippen molar-refractivity contribution in [2.24, 2.45) is 5.92 Å². The van der Waals surface area contributed by atoms with Gasteiger partial charge in [0.1, 0.15) is 0 Å². The van der Waals surface area contributed by atoms with Crippen molar-refractivity contribution in [2.75, 3.05) is 31.5 Å². The Kier molecular flexibility index (Phi) is 6.21. The number of benzene rings is 1. The maximum absolute atomic E-state index is 12.8. The zero-order valence-electron chi connectivity index (χ0n) is 16.6. The van der Waals surface area contributed by atoms with Crippen molar-refractivity contribution in [3.63, 3.8) is 0 Å². The van der Waals surface area contributed by atoms with E-state index >= 15 is 0 Å². The lowest BCUT2D eigenvalue weighted by Crippen LogP contribution is -2.43. The molecule has 0 spiro atoms. The third-order valence-corrected chi connectivity index (χ3v) is 8.37. The summed E-state index contributed by atoms with van der Waals surface area (Å²) in [5, 5.41) is 4.72. The number of nitrogens with zero attached hydrogens (tertiary/aromatic N) is 2. The van der Waals surface area contributed by atoms with Crippen LogP contribution in [0.1, 0.15) is 35.4 Å². The molecule has 2 aliphatic heterocycles. The maximum atomic E-state index is 12.8. The van der Waals surface area contributed by atoms with Crippen LogP contribution in [0, 0.1) is 5.92 Å². The Labute approximate surface area is 180 Å². The number of hydrogen-bond donors (Lipinski definition) is 1. The first-order chi connectivity index (χ1) is 14.4. The zero-order valence-corrected chi connectivity index (χ0v) is 18.3. The molecule has 2 aromatic rings. The molecule has 1 N–H and O–H groups in total. The third kappa shape index (κ3) is 4.43. The number of rotatable bonds is 5. The summed E-state index contributed by atoms with van der Waals surface area (Å²) in [6, 6.07) is 10.1. The van der Waals surface area contributed by atoms with E-state index in [0.29, 0.717) is 43.2 Å². The summed E-state index contributed by atoms with van der Waals surface area (Å²) in [4.78, 5) is 28.0. The molecule has 1 atom stereocenters. The Balaban J connectivity index is 1.43.